The highest BCUT2D eigenvalue weighted by Gasteiger charge is 1.90. The lowest BCUT2D eigenvalue weighted by atomic mass is 10.4. The lowest BCUT2D eigenvalue weighted by Crippen LogP contribution is -2.10. The number of nitrogens with two attached hydrogens (primary N) is 1. The van der Waals surface area contributed by atoms with Crippen LogP contribution in [0.3, 0.4) is 0 Å². The van der Waals surface area contributed by atoms with Gasteiger partial charge in [-0.2, -0.15) is 5.10 Å². The van der Waals surface area contributed by atoms with E-state index in [4.69, 9.17) is 5.73 Å². The highest BCUT2D eigenvalue weighted by molar-refractivity contribution is 5.79. The first-order valence-electron chi connectivity index (χ1n) is 4.59. The van der Waals surface area contributed by atoms with Gasteiger partial charge in [-0.05, 0) is 12.5 Å². The molecule has 1 aromatic heterocycles. The van der Waals surface area contributed by atoms with Crippen LogP contribution in [0.1, 0.15) is 19.8 Å². The molecule has 0 aliphatic carbocycles. The number of aromatic nitrogens is 2. The van der Waals surface area contributed by atoms with E-state index in [2.05, 4.69) is 10.1 Å². The molecule has 0 atom stereocenters. The van der Waals surface area contributed by atoms with E-state index in [9.17, 15) is 0 Å². The van der Waals surface area contributed by atoms with E-state index >= 15 is 0 Å². The standard InChI is InChI=1S/C9H16N4/c1-2-9(10)11-5-3-7-13-8-4-6-12-13/h4,6,8H,2-3,5,7H2,1H3,(H2,10,11). The fraction of sp³-hybridized carbons (Fsp3) is 0.556. The number of aryl methyl sites for hydroxylation is 1. The quantitative estimate of drug-likeness (QED) is 0.418. The van der Waals surface area contributed by atoms with Crippen LogP contribution in [0, 0.1) is 0 Å². The third kappa shape index (κ3) is 3.73. The van der Waals surface area contributed by atoms with Crippen LogP contribution < -0.4 is 5.73 Å². The summed E-state index contributed by atoms with van der Waals surface area (Å²) in [6.45, 7) is 3.71. The molecule has 0 aliphatic heterocycles. The maximum atomic E-state index is 5.56. The number of nitrogens with zero attached hydrogens (tertiary/aromatic N) is 3. The van der Waals surface area contributed by atoms with E-state index in [-0.39, 0.29) is 0 Å². The second-order valence-corrected chi connectivity index (χ2v) is 2.85. The highest BCUT2D eigenvalue weighted by atomic mass is 15.3. The predicted molar refractivity (Wildman–Crippen MR) is 53.6 cm³/mol. The molecule has 0 unspecified atom stereocenters. The molecule has 0 bridgehead atoms. The first-order valence-corrected chi connectivity index (χ1v) is 4.59. The van der Waals surface area contributed by atoms with Crippen molar-refractivity contribution in [2.45, 2.75) is 26.3 Å². The van der Waals surface area contributed by atoms with Crippen LogP contribution in [0.25, 0.3) is 0 Å². The number of rotatable bonds is 5. The van der Waals surface area contributed by atoms with Gasteiger partial charge in [0.05, 0.1) is 5.84 Å². The third-order valence-electron chi connectivity index (χ3n) is 1.78. The van der Waals surface area contributed by atoms with Crippen LogP contribution in [-0.4, -0.2) is 22.2 Å². The normalized spacial score (nSPS) is 11.9. The maximum Gasteiger partial charge on any atom is 0.0934 e. The fourth-order valence-corrected chi connectivity index (χ4v) is 1.000. The van der Waals surface area contributed by atoms with Crippen LogP contribution in [0.4, 0.5) is 0 Å². The highest BCUT2D eigenvalue weighted by Crippen LogP contribution is 1.90. The Bertz CT molecular complexity index is 251. The first-order chi connectivity index (χ1) is 6.33. The third-order valence-corrected chi connectivity index (χ3v) is 1.78. The predicted octanol–water partition coefficient (Wildman–Crippen LogP) is 1.04. The maximum absolute atomic E-state index is 5.56. The SMILES string of the molecule is CCC(N)=NCCCn1cccn1. The van der Waals surface area contributed by atoms with Gasteiger partial charge in [0, 0.05) is 31.9 Å². The largest absolute Gasteiger partial charge is 0.387 e. The molecule has 2 N–H and O–H groups in total. The molecule has 1 aromatic rings. The van der Waals surface area contributed by atoms with Gasteiger partial charge in [-0.15, -0.1) is 0 Å². The van der Waals surface area contributed by atoms with Gasteiger partial charge in [-0.1, -0.05) is 6.92 Å². The Labute approximate surface area is 78.5 Å². The second kappa shape index (κ2) is 5.35. The van der Waals surface area contributed by atoms with Crippen molar-refractivity contribution in [1.29, 1.82) is 0 Å². The molecule has 0 amide bonds. The molecule has 72 valence electrons. The zero-order valence-corrected chi connectivity index (χ0v) is 7.98. The van der Waals surface area contributed by atoms with Crippen molar-refractivity contribution in [1.82, 2.24) is 9.78 Å². The molecule has 0 aromatic carbocycles. The summed E-state index contributed by atoms with van der Waals surface area (Å²) < 4.78 is 1.90. The lowest BCUT2D eigenvalue weighted by molar-refractivity contribution is 0.585. The van der Waals surface area contributed by atoms with E-state index < -0.39 is 0 Å². The summed E-state index contributed by atoms with van der Waals surface area (Å²) in [6.07, 6.45) is 5.56. The summed E-state index contributed by atoms with van der Waals surface area (Å²) in [6, 6.07) is 1.92. The Morgan fingerprint density at radius 3 is 3.08 bits per heavy atom. The molecular formula is C9H16N4. The molecule has 0 fully saturated rings. The van der Waals surface area contributed by atoms with Crippen molar-refractivity contribution >= 4 is 5.84 Å². The van der Waals surface area contributed by atoms with Crippen molar-refractivity contribution in [3.05, 3.63) is 18.5 Å². The van der Waals surface area contributed by atoms with Gasteiger partial charge in [0.25, 0.3) is 0 Å². The zero-order chi connectivity index (χ0) is 9.52. The molecule has 13 heavy (non-hydrogen) atoms. The van der Waals surface area contributed by atoms with Crippen LogP contribution in [0.5, 0.6) is 0 Å². The van der Waals surface area contributed by atoms with Crippen molar-refractivity contribution in [3.8, 4) is 0 Å². The molecule has 1 heterocycles. The molecular weight excluding hydrogens is 164 g/mol. The van der Waals surface area contributed by atoms with E-state index in [0.29, 0.717) is 0 Å². The van der Waals surface area contributed by atoms with Gasteiger partial charge in [0.1, 0.15) is 0 Å². The van der Waals surface area contributed by atoms with Crippen LogP contribution in [-0.2, 0) is 6.54 Å². The number of hydrogen-bond acceptors (Lipinski definition) is 2. The molecule has 0 saturated heterocycles. The van der Waals surface area contributed by atoms with E-state index in [1.54, 1.807) is 6.20 Å². The molecule has 0 radical (unpaired) electrons. The summed E-state index contributed by atoms with van der Waals surface area (Å²) in [5.41, 5.74) is 5.56. The van der Waals surface area contributed by atoms with Crippen LogP contribution in [0.2, 0.25) is 0 Å². The molecule has 1 rings (SSSR count). The van der Waals surface area contributed by atoms with Gasteiger partial charge in [-0.25, -0.2) is 0 Å². The summed E-state index contributed by atoms with van der Waals surface area (Å²) in [7, 11) is 0. The average molecular weight is 180 g/mol. The fourth-order valence-electron chi connectivity index (χ4n) is 1.000. The van der Waals surface area contributed by atoms with E-state index in [1.165, 1.54) is 0 Å². The van der Waals surface area contributed by atoms with Gasteiger partial charge in [0.2, 0.25) is 0 Å². The van der Waals surface area contributed by atoms with E-state index in [1.807, 2.05) is 23.9 Å². The average Bonchev–Trinajstić information content (AvgIpc) is 2.64. The summed E-state index contributed by atoms with van der Waals surface area (Å²) in [5.74, 6) is 0.737. The zero-order valence-electron chi connectivity index (χ0n) is 7.98. The number of hydrogen-bond donors (Lipinski definition) is 1. The Balaban J connectivity index is 2.15. The summed E-state index contributed by atoms with van der Waals surface area (Å²) >= 11 is 0. The van der Waals surface area contributed by atoms with Crippen molar-refractivity contribution in [2.24, 2.45) is 10.7 Å². The summed E-state index contributed by atoms with van der Waals surface area (Å²) in [4.78, 5) is 4.20. The van der Waals surface area contributed by atoms with E-state index in [0.717, 1.165) is 31.8 Å². The Kier molecular flexibility index (Phi) is 4.02. The minimum atomic E-state index is 0.737. The monoisotopic (exact) mass is 180 g/mol. The van der Waals surface area contributed by atoms with Crippen molar-refractivity contribution in [3.63, 3.8) is 0 Å². The Morgan fingerprint density at radius 2 is 2.46 bits per heavy atom. The molecule has 4 nitrogen and oxygen atoms in total. The van der Waals surface area contributed by atoms with Gasteiger partial charge < -0.3 is 5.73 Å². The van der Waals surface area contributed by atoms with Crippen molar-refractivity contribution < 1.29 is 0 Å². The van der Waals surface area contributed by atoms with Crippen LogP contribution in [0.15, 0.2) is 23.5 Å². The van der Waals surface area contributed by atoms with Gasteiger partial charge in [-0.3, -0.25) is 9.67 Å². The first kappa shape index (κ1) is 9.77. The van der Waals surface area contributed by atoms with Crippen LogP contribution >= 0.6 is 0 Å². The van der Waals surface area contributed by atoms with Gasteiger partial charge >= 0.3 is 0 Å². The Hall–Kier alpha value is -1.32. The minimum Gasteiger partial charge on any atom is -0.387 e. The number of amidine groups is 1. The smallest absolute Gasteiger partial charge is 0.0934 e. The topological polar surface area (TPSA) is 56.2 Å². The second-order valence-electron chi connectivity index (χ2n) is 2.85. The summed E-state index contributed by atoms with van der Waals surface area (Å²) in [5, 5.41) is 4.09. The molecule has 4 heteroatoms. The minimum absolute atomic E-state index is 0.737. The molecule has 0 spiro atoms. The lowest BCUT2D eigenvalue weighted by Gasteiger charge is -1.99. The van der Waals surface area contributed by atoms with Crippen molar-refractivity contribution in [2.75, 3.05) is 6.54 Å². The molecule has 0 saturated carbocycles. The molecule has 0 aliphatic rings. The Morgan fingerprint density at radius 1 is 1.62 bits per heavy atom. The number of aliphatic imine (C=N–C) groups is 1. The van der Waals surface area contributed by atoms with Gasteiger partial charge in [0.15, 0.2) is 0 Å².